The number of carbonyl (C=O) groups excluding carboxylic acids is 2. The van der Waals surface area contributed by atoms with Gasteiger partial charge in [-0.3, -0.25) is 9.59 Å². The average molecular weight is 416 g/mol. The fourth-order valence-corrected chi connectivity index (χ4v) is 3.30. The monoisotopic (exact) mass is 416 g/mol. The van der Waals surface area contributed by atoms with Gasteiger partial charge in [0.15, 0.2) is 0 Å². The van der Waals surface area contributed by atoms with Crippen LogP contribution in [-0.4, -0.2) is 45.2 Å². The Morgan fingerprint density at radius 3 is 2.59 bits per heavy atom. The maximum Gasteiger partial charge on any atom is 0.405 e. The highest BCUT2D eigenvalue weighted by molar-refractivity contribution is 6.04. The predicted octanol–water partition coefficient (Wildman–Crippen LogP) is 2.84. The number of aromatic nitrogens is 2. The lowest BCUT2D eigenvalue weighted by atomic mass is 10.1. The molecule has 4 rings (SSSR count). The Hall–Kier alpha value is -3.05. The highest BCUT2D eigenvalue weighted by Gasteiger charge is 2.58. The van der Waals surface area contributed by atoms with E-state index in [2.05, 4.69) is 10.2 Å². The van der Waals surface area contributed by atoms with E-state index >= 15 is 0 Å². The van der Waals surface area contributed by atoms with Gasteiger partial charge in [-0.25, -0.2) is 0 Å². The molecule has 0 radical (unpaired) electrons. The van der Waals surface area contributed by atoms with E-state index in [-0.39, 0.29) is 36.4 Å². The van der Waals surface area contributed by atoms with E-state index in [1.807, 2.05) is 5.32 Å². The number of nitrogens with one attached hydrogen (secondary N) is 1. The van der Waals surface area contributed by atoms with Gasteiger partial charge in [0, 0.05) is 17.7 Å². The number of hydrogen-bond acceptors (Lipinski definition) is 5. The van der Waals surface area contributed by atoms with E-state index in [0.717, 1.165) is 0 Å². The summed E-state index contributed by atoms with van der Waals surface area (Å²) in [5, 5.41) is 8.59. The maximum absolute atomic E-state index is 12.8. The molecule has 2 aliphatic rings. The van der Waals surface area contributed by atoms with Crippen LogP contribution in [0.25, 0.3) is 11.5 Å². The second-order valence-electron chi connectivity index (χ2n) is 6.84. The summed E-state index contributed by atoms with van der Waals surface area (Å²) in [6.07, 6.45) is -6.98. The summed E-state index contributed by atoms with van der Waals surface area (Å²) in [6, 6.07) is 4.43. The fourth-order valence-electron chi connectivity index (χ4n) is 3.30. The number of amides is 2. The first-order valence-corrected chi connectivity index (χ1v) is 8.53. The van der Waals surface area contributed by atoms with Crippen LogP contribution in [0.5, 0.6) is 0 Å². The van der Waals surface area contributed by atoms with Crippen LogP contribution >= 0.6 is 0 Å². The lowest BCUT2D eigenvalue weighted by molar-refractivity contribution is -0.142. The zero-order valence-electron chi connectivity index (χ0n) is 14.6. The first-order chi connectivity index (χ1) is 13.6. The topological polar surface area (TPSA) is 88.3 Å². The van der Waals surface area contributed by atoms with Crippen LogP contribution in [0.2, 0.25) is 0 Å². The number of fused-ring (bicyclic) bond motifs is 1. The van der Waals surface area contributed by atoms with Crippen molar-refractivity contribution in [1.29, 1.82) is 0 Å². The minimum Gasteiger partial charge on any atom is -0.415 e. The molecule has 1 N–H and O–H groups in total. The molecule has 1 aliphatic heterocycles. The fraction of sp³-hybridized carbons (Fsp3) is 0.412. The van der Waals surface area contributed by atoms with Gasteiger partial charge < -0.3 is 14.6 Å². The standard InChI is InChI=1S/C17H13F5N4O3/c18-11(19)13-25-24-12(29-13)8-1-2-9-6-26(14(27)10(9)5-8)16(3-4-16)15(28)23-7-17(20,21)22/h1-2,5,11H,3-4,6-7H2,(H,23,28). The summed E-state index contributed by atoms with van der Waals surface area (Å²) in [4.78, 5) is 26.4. The molecule has 1 aromatic heterocycles. The molecule has 1 saturated carbocycles. The lowest BCUT2D eigenvalue weighted by Crippen LogP contribution is -2.51. The number of alkyl halides is 5. The normalized spacial score (nSPS) is 17.6. The van der Waals surface area contributed by atoms with Gasteiger partial charge in [-0.05, 0) is 30.5 Å². The Balaban J connectivity index is 1.55. The summed E-state index contributed by atoms with van der Waals surface area (Å²) >= 11 is 0. The molecular formula is C17H13F5N4O3. The minimum atomic E-state index is -4.56. The second-order valence-corrected chi connectivity index (χ2v) is 6.84. The number of halogens is 5. The van der Waals surface area contributed by atoms with Crippen LogP contribution in [0.3, 0.4) is 0 Å². The van der Waals surface area contributed by atoms with E-state index in [4.69, 9.17) is 4.42 Å². The van der Waals surface area contributed by atoms with Crippen molar-refractivity contribution in [3.63, 3.8) is 0 Å². The van der Waals surface area contributed by atoms with E-state index in [1.165, 1.54) is 17.0 Å². The van der Waals surface area contributed by atoms with Crippen molar-refractivity contribution in [2.45, 2.75) is 37.5 Å². The molecule has 0 atom stereocenters. The number of carbonyl (C=O) groups is 2. The molecule has 0 bridgehead atoms. The molecule has 1 aromatic carbocycles. The minimum absolute atomic E-state index is 0.0556. The summed E-state index contributed by atoms with van der Waals surface area (Å²) in [5.74, 6) is -2.44. The number of hydrogen-bond donors (Lipinski definition) is 1. The quantitative estimate of drug-likeness (QED) is 0.758. The number of rotatable bonds is 5. The third-order valence-electron chi connectivity index (χ3n) is 4.90. The molecular weight excluding hydrogens is 403 g/mol. The smallest absolute Gasteiger partial charge is 0.405 e. The van der Waals surface area contributed by atoms with Crippen LogP contribution in [0.4, 0.5) is 22.0 Å². The van der Waals surface area contributed by atoms with Gasteiger partial charge in [0.25, 0.3) is 11.8 Å². The van der Waals surface area contributed by atoms with Crippen molar-refractivity contribution in [2.24, 2.45) is 0 Å². The highest BCUT2D eigenvalue weighted by Crippen LogP contribution is 2.46. The molecule has 0 spiro atoms. The first-order valence-electron chi connectivity index (χ1n) is 8.53. The van der Waals surface area contributed by atoms with Crippen LogP contribution in [0.1, 0.15) is 41.1 Å². The zero-order valence-corrected chi connectivity index (χ0v) is 14.6. The van der Waals surface area contributed by atoms with E-state index in [9.17, 15) is 31.5 Å². The molecule has 0 unspecified atom stereocenters. The van der Waals surface area contributed by atoms with Gasteiger partial charge in [0.05, 0.1) is 0 Å². The van der Waals surface area contributed by atoms with E-state index < -0.39 is 42.4 Å². The Labute approximate surface area is 159 Å². The first kappa shape index (κ1) is 19.3. The summed E-state index contributed by atoms with van der Waals surface area (Å²) in [5.41, 5.74) is -0.310. The third kappa shape index (κ3) is 3.42. The van der Waals surface area contributed by atoms with Gasteiger partial charge >= 0.3 is 12.6 Å². The van der Waals surface area contributed by atoms with E-state index in [0.29, 0.717) is 5.56 Å². The van der Waals surface area contributed by atoms with Crippen molar-refractivity contribution >= 4 is 11.8 Å². The van der Waals surface area contributed by atoms with Gasteiger partial charge in [0.1, 0.15) is 12.1 Å². The van der Waals surface area contributed by atoms with Crippen molar-refractivity contribution in [3.8, 4) is 11.5 Å². The van der Waals surface area contributed by atoms with Crippen LogP contribution in [0.15, 0.2) is 22.6 Å². The zero-order chi connectivity index (χ0) is 21.0. The summed E-state index contributed by atoms with van der Waals surface area (Å²) in [6.45, 7) is -1.42. The van der Waals surface area contributed by atoms with Crippen LogP contribution in [-0.2, 0) is 11.3 Å². The predicted molar refractivity (Wildman–Crippen MR) is 85.6 cm³/mol. The molecule has 29 heavy (non-hydrogen) atoms. The Morgan fingerprint density at radius 1 is 1.28 bits per heavy atom. The summed E-state index contributed by atoms with van der Waals surface area (Å²) in [7, 11) is 0. The van der Waals surface area contributed by atoms with Gasteiger partial charge in [0.2, 0.25) is 11.8 Å². The van der Waals surface area contributed by atoms with Gasteiger partial charge in [-0.2, -0.15) is 22.0 Å². The van der Waals surface area contributed by atoms with Gasteiger partial charge in [-0.15, -0.1) is 10.2 Å². The molecule has 2 aromatic rings. The van der Waals surface area contributed by atoms with Crippen molar-refractivity contribution in [2.75, 3.05) is 6.54 Å². The second kappa shape index (κ2) is 6.49. The number of benzene rings is 1. The average Bonchev–Trinajstić information content (AvgIpc) is 3.17. The van der Waals surface area contributed by atoms with Crippen LogP contribution < -0.4 is 5.32 Å². The molecule has 154 valence electrons. The van der Waals surface area contributed by atoms with E-state index in [1.54, 1.807) is 6.07 Å². The molecule has 1 fully saturated rings. The lowest BCUT2D eigenvalue weighted by Gasteiger charge is -2.26. The molecule has 1 aliphatic carbocycles. The largest absolute Gasteiger partial charge is 0.415 e. The third-order valence-corrected chi connectivity index (χ3v) is 4.90. The van der Waals surface area contributed by atoms with Crippen molar-refractivity contribution in [3.05, 3.63) is 35.2 Å². The molecule has 12 heteroatoms. The Bertz CT molecular complexity index is 984. The van der Waals surface area contributed by atoms with Gasteiger partial charge in [-0.1, -0.05) is 6.07 Å². The highest BCUT2D eigenvalue weighted by atomic mass is 19.4. The molecule has 2 heterocycles. The Morgan fingerprint density at radius 2 is 2.00 bits per heavy atom. The molecule has 2 amide bonds. The number of nitrogens with zero attached hydrogens (tertiary/aromatic N) is 3. The summed E-state index contributed by atoms with van der Waals surface area (Å²) < 4.78 is 67.3. The SMILES string of the molecule is O=C1c2cc(-c3nnc(C(F)F)o3)ccc2CN1C1(C(=O)NCC(F)(F)F)CC1. The maximum atomic E-state index is 12.8. The molecule has 7 nitrogen and oxygen atoms in total. The van der Waals surface area contributed by atoms with Crippen molar-refractivity contribution in [1.82, 2.24) is 20.4 Å². The molecule has 0 saturated heterocycles. The Kier molecular flexibility index (Phi) is 4.32. The van der Waals surface area contributed by atoms with Crippen molar-refractivity contribution < 1.29 is 36.0 Å². The van der Waals surface area contributed by atoms with Crippen LogP contribution in [0, 0.1) is 0 Å².